The fraction of sp³-hybridized carbons (Fsp3) is 0.188. The van der Waals surface area contributed by atoms with Gasteiger partial charge in [0.2, 0.25) is 12.7 Å². The Bertz CT molecular complexity index is 791. The molecular formula is C16H11F2NO3. The molecule has 2 aliphatic heterocycles. The quantitative estimate of drug-likeness (QED) is 0.880. The Morgan fingerprint density at radius 1 is 1.09 bits per heavy atom. The molecule has 2 heterocycles. The van der Waals surface area contributed by atoms with Crippen molar-refractivity contribution in [3.63, 3.8) is 0 Å². The standard InChI is InChI=1S/C16H11F2NO3/c17-11-3-1-2-8(16(11)18)9-5-15(20)19-12-6-14-13(4-10(9)12)21-7-22-14/h1-4,6,9H,5,7H2,(H,19,20)/t9-/m0/s1. The smallest absolute Gasteiger partial charge is 0.231 e. The van der Waals surface area contributed by atoms with Crippen molar-refractivity contribution in [3.8, 4) is 11.5 Å². The van der Waals surface area contributed by atoms with Crippen molar-refractivity contribution in [3.05, 3.63) is 53.1 Å². The average molecular weight is 303 g/mol. The Morgan fingerprint density at radius 3 is 2.68 bits per heavy atom. The van der Waals surface area contributed by atoms with Gasteiger partial charge in [-0.2, -0.15) is 0 Å². The molecule has 0 aliphatic carbocycles. The Labute approximate surface area is 124 Å². The predicted molar refractivity (Wildman–Crippen MR) is 74.0 cm³/mol. The molecule has 0 bridgehead atoms. The highest BCUT2D eigenvalue weighted by Crippen LogP contribution is 2.45. The molecule has 6 heteroatoms. The van der Waals surface area contributed by atoms with E-state index in [9.17, 15) is 13.6 Å². The van der Waals surface area contributed by atoms with Gasteiger partial charge in [0.1, 0.15) is 0 Å². The maximum atomic E-state index is 14.1. The van der Waals surface area contributed by atoms with Crippen molar-refractivity contribution in [2.75, 3.05) is 12.1 Å². The maximum Gasteiger partial charge on any atom is 0.231 e. The van der Waals surface area contributed by atoms with E-state index in [4.69, 9.17) is 9.47 Å². The van der Waals surface area contributed by atoms with E-state index in [1.807, 2.05) is 0 Å². The summed E-state index contributed by atoms with van der Waals surface area (Å²) in [5, 5.41) is 2.73. The molecule has 2 aromatic rings. The lowest BCUT2D eigenvalue weighted by atomic mass is 9.84. The Hall–Kier alpha value is -2.63. The third-order valence-electron chi connectivity index (χ3n) is 3.94. The fourth-order valence-electron chi connectivity index (χ4n) is 2.92. The molecule has 2 aliphatic rings. The molecule has 0 unspecified atom stereocenters. The SMILES string of the molecule is O=C1C[C@@H](c2cccc(F)c2F)c2cc3c(cc2N1)OCO3. The van der Waals surface area contributed by atoms with Crippen molar-refractivity contribution in [1.82, 2.24) is 0 Å². The minimum atomic E-state index is -0.925. The lowest BCUT2D eigenvalue weighted by molar-refractivity contribution is -0.116. The summed E-state index contributed by atoms with van der Waals surface area (Å²) in [6.07, 6.45) is 0.0486. The highest BCUT2D eigenvalue weighted by molar-refractivity contribution is 5.96. The number of carbonyl (C=O) groups is 1. The van der Waals surface area contributed by atoms with Crippen molar-refractivity contribution < 1.29 is 23.0 Å². The number of anilines is 1. The molecule has 1 amide bonds. The second-order valence-corrected chi connectivity index (χ2v) is 5.24. The molecule has 0 aromatic heterocycles. The lowest BCUT2D eigenvalue weighted by Gasteiger charge is -2.26. The number of rotatable bonds is 1. The third-order valence-corrected chi connectivity index (χ3v) is 3.94. The highest BCUT2D eigenvalue weighted by atomic mass is 19.2. The lowest BCUT2D eigenvalue weighted by Crippen LogP contribution is -2.24. The number of carbonyl (C=O) groups excluding carboxylic acids is 1. The number of nitrogens with one attached hydrogen (secondary N) is 1. The van der Waals surface area contributed by atoms with E-state index in [-0.39, 0.29) is 24.7 Å². The van der Waals surface area contributed by atoms with Gasteiger partial charge in [-0.25, -0.2) is 8.78 Å². The van der Waals surface area contributed by atoms with Gasteiger partial charge in [0.25, 0.3) is 0 Å². The van der Waals surface area contributed by atoms with Crippen molar-refractivity contribution >= 4 is 11.6 Å². The van der Waals surface area contributed by atoms with Crippen LogP contribution in [0, 0.1) is 11.6 Å². The summed E-state index contributed by atoms with van der Waals surface area (Å²) < 4.78 is 38.2. The summed E-state index contributed by atoms with van der Waals surface area (Å²) in [6, 6.07) is 7.36. The van der Waals surface area contributed by atoms with Crippen LogP contribution in [0.5, 0.6) is 11.5 Å². The molecule has 0 saturated heterocycles. The summed E-state index contributed by atoms with van der Waals surface area (Å²) in [5.41, 5.74) is 1.39. The maximum absolute atomic E-state index is 14.1. The van der Waals surface area contributed by atoms with Crippen LogP contribution in [0.3, 0.4) is 0 Å². The Morgan fingerprint density at radius 2 is 1.86 bits per heavy atom. The van der Waals surface area contributed by atoms with Gasteiger partial charge >= 0.3 is 0 Å². The largest absolute Gasteiger partial charge is 0.454 e. The van der Waals surface area contributed by atoms with Crippen LogP contribution < -0.4 is 14.8 Å². The van der Waals surface area contributed by atoms with Crippen LogP contribution in [-0.2, 0) is 4.79 Å². The van der Waals surface area contributed by atoms with E-state index in [0.717, 1.165) is 6.07 Å². The molecule has 112 valence electrons. The van der Waals surface area contributed by atoms with E-state index in [1.165, 1.54) is 12.1 Å². The zero-order valence-corrected chi connectivity index (χ0v) is 11.4. The summed E-state index contributed by atoms with van der Waals surface area (Å²) in [6.45, 7) is 0.102. The van der Waals surface area contributed by atoms with Gasteiger partial charge in [-0.15, -0.1) is 0 Å². The highest BCUT2D eigenvalue weighted by Gasteiger charge is 2.31. The molecule has 1 N–H and O–H groups in total. The zero-order chi connectivity index (χ0) is 15.3. The second-order valence-electron chi connectivity index (χ2n) is 5.24. The molecule has 0 radical (unpaired) electrons. The van der Waals surface area contributed by atoms with Crippen LogP contribution in [0.25, 0.3) is 0 Å². The molecule has 22 heavy (non-hydrogen) atoms. The molecule has 4 rings (SSSR count). The van der Waals surface area contributed by atoms with Crippen LogP contribution in [0.2, 0.25) is 0 Å². The number of hydrogen-bond donors (Lipinski definition) is 1. The average Bonchev–Trinajstić information content (AvgIpc) is 2.94. The van der Waals surface area contributed by atoms with Crippen molar-refractivity contribution in [2.24, 2.45) is 0 Å². The van der Waals surface area contributed by atoms with E-state index in [0.29, 0.717) is 22.7 Å². The fourth-order valence-corrected chi connectivity index (χ4v) is 2.92. The molecule has 2 aromatic carbocycles. The minimum absolute atomic E-state index is 0.0486. The third kappa shape index (κ3) is 1.91. The predicted octanol–water partition coefficient (Wildman–Crippen LogP) is 3.17. The number of benzene rings is 2. The first kappa shape index (κ1) is 13.1. The van der Waals surface area contributed by atoms with Gasteiger partial charge in [0.05, 0.1) is 0 Å². The Kier molecular flexibility index (Phi) is 2.79. The summed E-state index contributed by atoms with van der Waals surface area (Å²) in [4.78, 5) is 11.9. The minimum Gasteiger partial charge on any atom is -0.454 e. The Balaban J connectivity index is 1.89. The zero-order valence-electron chi connectivity index (χ0n) is 11.4. The van der Waals surface area contributed by atoms with Crippen LogP contribution in [0.4, 0.5) is 14.5 Å². The summed E-state index contributed by atoms with van der Waals surface area (Å²) in [7, 11) is 0. The monoisotopic (exact) mass is 303 g/mol. The molecule has 0 spiro atoms. The van der Waals surface area contributed by atoms with E-state index in [1.54, 1.807) is 12.1 Å². The first-order valence-electron chi connectivity index (χ1n) is 6.81. The van der Waals surface area contributed by atoms with E-state index < -0.39 is 17.6 Å². The van der Waals surface area contributed by atoms with Crippen molar-refractivity contribution in [2.45, 2.75) is 12.3 Å². The molecule has 4 nitrogen and oxygen atoms in total. The second kappa shape index (κ2) is 4.69. The summed E-state index contributed by atoms with van der Waals surface area (Å²) in [5.74, 6) is -1.60. The van der Waals surface area contributed by atoms with Crippen molar-refractivity contribution in [1.29, 1.82) is 0 Å². The molecule has 0 fully saturated rings. The number of hydrogen-bond acceptors (Lipinski definition) is 3. The first-order valence-corrected chi connectivity index (χ1v) is 6.81. The van der Waals surface area contributed by atoms with Gasteiger partial charge in [0, 0.05) is 24.1 Å². The van der Waals surface area contributed by atoms with Gasteiger partial charge in [-0.3, -0.25) is 4.79 Å². The topological polar surface area (TPSA) is 47.6 Å². The summed E-state index contributed by atoms with van der Waals surface area (Å²) >= 11 is 0. The van der Waals surface area contributed by atoms with E-state index >= 15 is 0 Å². The van der Waals surface area contributed by atoms with Gasteiger partial charge in [-0.1, -0.05) is 12.1 Å². The number of ether oxygens (including phenoxy) is 2. The number of amides is 1. The number of fused-ring (bicyclic) bond motifs is 2. The van der Waals surface area contributed by atoms with Crippen LogP contribution in [0.15, 0.2) is 30.3 Å². The van der Waals surface area contributed by atoms with Gasteiger partial charge in [-0.05, 0) is 23.3 Å². The molecule has 1 atom stereocenters. The normalized spacial score (nSPS) is 18.8. The van der Waals surface area contributed by atoms with Gasteiger partial charge < -0.3 is 14.8 Å². The van der Waals surface area contributed by atoms with Crippen LogP contribution in [0.1, 0.15) is 23.5 Å². The van der Waals surface area contributed by atoms with E-state index in [2.05, 4.69) is 5.32 Å². The van der Waals surface area contributed by atoms with Crippen LogP contribution >= 0.6 is 0 Å². The first-order chi connectivity index (χ1) is 10.6. The van der Waals surface area contributed by atoms with Gasteiger partial charge in [0.15, 0.2) is 23.1 Å². The number of halogens is 2. The molecule has 0 saturated carbocycles. The molecular weight excluding hydrogens is 292 g/mol. The van der Waals surface area contributed by atoms with Crippen LogP contribution in [-0.4, -0.2) is 12.7 Å².